The van der Waals surface area contributed by atoms with Crippen molar-refractivity contribution in [3.63, 3.8) is 0 Å². The van der Waals surface area contributed by atoms with Crippen molar-refractivity contribution >= 4 is 5.78 Å². The predicted octanol–water partition coefficient (Wildman–Crippen LogP) is 3.52. The number of hydrogen-bond acceptors (Lipinski definition) is 2. The molecular weight excluding hydrogens is 260 g/mol. The van der Waals surface area contributed by atoms with Gasteiger partial charge in [0.15, 0.2) is 0 Å². The van der Waals surface area contributed by atoms with Crippen molar-refractivity contribution in [2.45, 2.75) is 58.0 Å². The van der Waals surface area contributed by atoms with Gasteiger partial charge in [-0.05, 0) is 62.0 Å². The van der Waals surface area contributed by atoms with Crippen LogP contribution in [-0.2, 0) is 16.8 Å². The maximum atomic E-state index is 12.3. The van der Waals surface area contributed by atoms with E-state index >= 15 is 0 Å². The second kappa shape index (κ2) is 4.19. The van der Waals surface area contributed by atoms with E-state index < -0.39 is 5.60 Å². The summed E-state index contributed by atoms with van der Waals surface area (Å²) in [5.74, 6) is 1.07. The standard InChI is InChI=1S/C19H24O2/c1-12-3-5-14-13(11-12)4-6-16-15-7-8-17(20)18(15,2)9-10-19(14,16)21/h3,5,11,15-16,21H,4,6-10H2,1-2H3/t15-,16-,18-,19-/m0/s1. The Balaban J connectivity index is 1.80. The average molecular weight is 284 g/mol. The summed E-state index contributed by atoms with van der Waals surface area (Å²) in [6.07, 6.45) is 5.35. The molecule has 2 fully saturated rings. The zero-order valence-corrected chi connectivity index (χ0v) is 13.0. The van der Waals surface area contributed by atoms with Crippen LogP contribution in [0.5, 0.6) is 0 Å². The van der Waals surface area contributed by atoms with E-state index in [1.807, 2.05) is 0 Å². The predicted molar refractivity (Wildman–Crippen MR) is 82.0 cm³/mol. The van der Waals surface area contributed by atoms with Crippen LogP contribution in [0.15, 0.2) is 18.2 Å². The normalized spacial score (nSPS) is 41.4. The molecule has 2 nitrogen and oxygen atoms in total. The molecule has 1 aromatic rings. The van der Waals surface area contributed by atoms with Gasteiger partial charge in [-0.3, -0.25) is 4.79 Å². The maximum absolute atomic E-state index is 12.3. The minimum Gasteiger partial charge on any atom is -0.385 e. The highest BCUT2D eigenvalue weighted by molar-refractivity contribution is 5.87. The Kier molecular flexibility index (Phi) is 2.70. The lowest BCUT2D eigenvalue weighted by Crippen LogP contribution is -2.52. The molecule has 3 aliphatic carbocycles. The molecule has 1 N–H and O–H groups in total. The first-order valence-corrected chi connectivity index (χ1v) is 8.31. The number of Topliss-reactive ketones (excluding diaryl/α,β-unsaturated/α-hetero) is 1. The number of aliphatic hydroxyl groups is 1. The second-order valence-electron chi connectivity index (χ2n) is 7.72. The Morgan fingerprint density at radius 3 is 2.71 bits per heavy atom. The van der Waals surface area contributed by atoms with Crippen LogP contribution >= 0.6 is 0 Å². The van der Waals surface area contributed by atoms with Crippen LogP contribution in [0.1, 0.15) is 55.7 Å². The largest absolute Gasteiger partial charge is 0.385 e. The van der Waals surface area contributed by atoms with Crippen LogP contribution in [0.4, 0.5) is 0 Å². The van der Waals surface area contributed by atoms with Crippen molar-refractivity contribution in [1.29, 1.82) is 0 Å². The van der Waals surface area contributed by atoms with Crippen molar-refractivity contribution in [3.8, 4) is 0 Å². The Labute approximate surface area is 126 Å². The van der Waals surface area contributed by atoms with E-state index in [0.29, 0.717) is 18.1 Å². The van der Waals surface area contributed by atoms with Gasteiger partial charge in [-0.25, -0.2) is 0 Å². The Bertz CT molecular complexity index is 620. The summed E-state index contributed by atoms with van der Waals surface area (Å²) >= 11 is 0. The molecule has 21 heavy (non-hydrogen) atoms. The van der Waals surface area contributed by atoms with Gasteiger partial charge in [-0.15, -0.1) is 0 Å². The highest BCUT2D eigenvalue weighted by Gasteiger charge is 2.59. The van der Waals surface area contributed by atoms with Crippen LogP contribution in [0.2, 0.25) is 0 Å². The first kappa shape index (κ1) is 13.5. The van der Waals surface area contributed by atoms with E-state index in [2.05, 4.69) is 32.0 Å². The van der Waals surface area contributed by atoms with Gasteiger partial charge in [0.05, 0.1) is 5.60 Å². The summed E-state index contributed by atoms with van der Waals surface area (Å²) in [6.45, 7) is 4.27. The molecule has 2 saturated carbocycles. The average Bonchev–Trinajstić information content (AvgIpc) is 2.75. The number of fused-ring (bicyclic) bond motifs is 5. The molecule has 4 rings (SSSR count). The fourth-order valence-corrected chi connectivity index (χ4v) is 5.47. The number of aryl methyl sites for hydroxylation is 2. The van der Waals surface area contributed by atoms with Gasteiger partial charge in [-0.1, -0.05) is 30.7 Å². The van der Waals surface area contributed by atoms with Crippen LogP contribution < -0.4 is 0 Å². The lowest BCUT2D eigenvalue weighted by Gasteiger charge is -2.53. The smallest absolute Gasteiger partial charge is 0.139 e. The summed E-state index contributed by atoms with van der Waals surface area (Å²) in [7, 11) is 0. The Hall–Kier alpha value is -1.15. The van der Waals surface area contributed by atoms with Crippen LogP contribution in [0, 0.1) is 24.2 Å². The van der Waals surface area contributed by atoms with Crippen molar-refractivity contribution in [2.75, 3.05) is 0 Å². The van der Waals surface area contributed by atoms with E-state index in [0.717, 1.165) is 37.7 Å². The molecule has 0 heterocycles. The Morgan fingerprint density at radius 2 is 1.90 bits per heavy atom. The molecule has 0 spiro atoms. The van der Waals surface area contributed by atoms with E-state index in [4.69, 9.17) is 0 Å². The van der Waals surface area contributed by atoms with E-state index in [-0.39, 0.29) is 11.3 Å². The zero-order valence-electron chi connectivity index (χ0n) is 13.0. The molecule has 1 aromatic carbocycles. The molecule has 4 atom stereocenters. The van der Waals surface area contributed by atoms with Gasteiger partial charge in [0.1, 0.15) is 5.78 Å². The summed E-state index contributed by atoms with van der Waals surface area (Å²) in [6, 6.07) is 6.49. The summed E-state index contributed by atoms with van der Waals surface area (Å²) in [5, 5.41) is 11.5. The summed E-state index contributed by atoms with van der Waals surface area (Å²) in [4.78, 5) is 12.3. The number of ketones is 1. The van der Waals surface area contributed by atoms with E-state index in [1.165, 1.54) is 11.1 Å². The first-order chi connectivity index (χ1) is 9.95. The molecule has 3 aliphatic rings. The van der Waals surface area contributed by atoms with Gasteiger partial charge in [0.25, 0.3) is 0 Å². The third kappa shape index (κ3) is 1.66. The molecule has 0 amide bonds. The number of rotatable bonds is 0. The number of carbonyl (C=O) groups excluding carboxylic acids is 1. The van der Waals surface area contributed by atoms with Gasteiger partial charge < -0.3 is 5.11 Å². The quantitative estimate of drug-likeness (QED) is 0.791. The third-order valence-electron chi connectivity index (χ3n) is 6.71. The first-order valence-electron chi connectivity index (χ1n) is 8.31. The summed E-state index contributed by atoms with van der Waals surface area (Å²) < 4.78 is 0. The minimum absolute atomic E-state index is 0.168. The fraction of sp³-hybridized carbons (Fsp3) is 0.632. The Morgan fingerprint density at radius 1 is 1.14 bits per heavy atom. The topological polar surface area (TPSA) is 37.3 Å². The number of hydrogen-bond donors (Lipinski definition) is 1. The van der Waals surface area contributed by atoms with Crippen LogP contribution in [-0.4, -0.2) is 10.9 Å². The van der Waals surface area contributed by atoms with Gasteiger partial charge in [-0.2, -0.15) is 0 Å². The van der Waals surface area contributed by atoms with Gasteiger partial charge in [0.2, 0.25) is 0 Å². The van der Waals surface area contributed by atoms with Gasteiger partial charge >= 0.3 is 0 Å². The van der Waals surface area contributed by atoms with Crippen LogP contribution in [0.3, 0.4) is 0 Å². The highest BCUT2D eigenvalue weighted by Crippen LogP contribution is 2.61. The van der Waals surface area contributed by atoms with Crippen molar-refractivity contribution in [1.82, 2.24) is 0 Å². The van der Waals surface area contributed by atoms with Crippen LogP contribution in [0.25, 0.3) is 0 Å². The number of carbonyl (C=O) groups is 1. The lowest BCUT2D eigenvalue weighted by atomic mass is 9.53. The second-order valence-corrected chi connectivity index (χ2v) is 7.72. The molecule has 0 bridgehead atoms. The third-order valence-corrected chi connectivity index (χ3v) is 6.71. The minimum atomic E-state index is -0.698. The molecule has 0 unspecified atom stereocenters. The van der Waals surface area contributed by atoms with E-state index in [9.17, 15) is 9.90 Å². The number of benzene rings is 1. The lowest BCUT2D eigenvalue weighted by molar-refractivity contribution is -0.146. The maximum Gasteiger partial charge on any atom is 0.139 e. The molecule has 2 heteroatoms. The fourth-order valence-electron chi connectivity index (χ4n) is 5.47. The molecule has 0 radical (unpaired) electrons. The van der Waals surface area contributed by atoms with Gasteiger partial charge in [0, 0.05) is 11.8 Å². The highest BCUT2D eigenvalue weighted by atomic mass is 16.3. The van der Waals surface area contributed by atoms with Crippen molar-refractivity contribution < 1.29 is 9.90 Å². The van der Waals surface area contributed by atoms with Crippen molar-refractivity contribution in [2.24, 2.45) is 17.3 Å². The monoisotopic (exact) mass is 284 g/mol. The molecule has 0 aliphatic heterocycles. The van der Waals surface area contributed by atoms with Crippen molar-refractivity contribution in [3.05, 3.63) is 34.9 Å². The summed E-state index contributed by atoms with van der Waals surface area (Å²) in [5.41, 5.74) is 2.87. The SMILES string of the molecule is Cc1ccc2c(c1)CC[C@H]1[C@@H]3CCC(=O)[C@@]3(C)CC[C@]21O. The zero-order chi connectivity index (χ0) is 14.8. The molecule has 0 aromatic heterocycles. The van der Waals surface area contributed by atoms with E-state index in [1.54, 1.807) is 0 Å². The molecule has 112 valence electrons. The molecule has 0 saturated heterocycles. The molecular formula is C19H24O2.